The van der Waals surface area contributed by atoms with Crippen LogP contribution in [0, 0.1) is 26.7 Å². The summed E-state index contributed by atoms with van der Waals surface area (Å²) in [4.78, 5) is 12.9. The van der Waals surface area contributed by atoms with E-state index in [9.17, 15) is 13.2 Å². The van der Waals surface area contributed by atoms with Crippen LogP contribution in [0.2, 0.25) is 0 Å². The first-order chi connectivity index (χ1) is 14.7. The number of rotatable bonds is 7. The molecule has 0 aromatic heterocycles. The molecule has 0 atom stereocenters. The summed E-state index contributed by atoms with van der Waals surface area (Å²) in [5.74, 6) is 1.000. The Morgan fingerprint density at radius 2 is 1.71 bits per heavy atom. The maximum atomic E-state index is 13.0. The summed E-state index contributed by atoms with van der Waals surface area (Å²) < 4.78 is 33.3. The molecule has 7 heteroatoms. The smallest absolute Gasteiger partial charge is 0.251 e. The number of aryl methyl sites for hydroxylation is 3. The van der Waals surface area contributed by atoms with Gasteiger partial charge in [-0.1, -0.05) is 19.1 Å². The second-order valence-electron chi connectivity index (χ2n) is 8.41. The van der Waals surface area contributed by atoms with Gasteiger partial charge in [0.1, 0.15) is 12.4 Å². The number of ether oxygens (including phenoxy) is 1. The molecule has 0 unspecified atom stereocenters. The number of amides is 1. The van der Waals surface area contributed by atoms with Crippen LogP contribution in [0.1, 0.15) is 46.8 Å². The van der Waals surface area contributed by atoms with Crippen molar-refractivity contribution in [3.63, 3.8) is 0 Å². The molecule has 0 radical (unpaired) electrons. The van der Waals surface area contributed by atoms with Crippen LogP contribution >= 0.6 is 0 Å². The molecule has 0 bridgehead atoms. The second-order valence-corrected chi connectivity index (χ2v) is 10.4. The fourth-order valence-corrected chi connectivity index (χ4v) is 5.11. The van der Waals surface area contributed by atoms with Crippen molar-refractivity contribution < 1.29 is 17.9 Å². The molecule has 6 nitrogen and oxygen atoms in total. The van der Waals surface area contributed by atoms with Crippen LogP contribution < -0.4 is 10.1 Å². The molecule has 1 aliphatic rings. The lowest BCUT2D eigenvalue weighted by Gasteiger charge is -2.29. The third kappa shape index (κ3) is 5.66. The van der Waals surface area contributed by atoms with Gasteiger partial charge in [-0.3, -0.25) is 4.79 Å². The van der Waals surface area contributed by atoms with E-state index in [0.29, 0.717) is 37.7 Å². The van der Waals surface area contributed by atoms with E-state index in [1.807, 2.05) is 32.0 Å². The number of nitrogens with zero attached hydrogens (tertiary/aromatic N) is 1. The highest BCUT2D eigenvalue weighted by atomic mass is 32.2. The van der Waals surface area contributed by atoms with Gasteiger partial charge >= 0.3 is 0 Å². The first kappa shape index (κ1) is 23.3. The van der Waals surface area contributed by atoms with Gasteiger partial charge in [-0.05, 0) is 80.5 Å². The van der Waals surface area contributed by atoms with E-state index in [-0.39, 0.29) is 10.8 Å². The monoisotopic (exact) mass is 444 g/mol. The van der Waals surface area contributed by atoms with E-state index in [4.69, 9.17) is 4.74 Å². The van der Waals surface area contributed by atoms with E-state index < -0.39 is 10.0 Å². The third-order valence-electron chi connectivity index (χ3n) is 5.97. The Morgan fingerprint density at radius 1 is 1.03 bits per heavy atom. The summed E-state index contributed by atoms with van der Waals surface area (Å²) in [5.41, 5.74) is 3.46. The van der Waals surface area contributed by atoms with Crippen molar-refractivity contribution in [2.45, 2.75) is 45.4 Å². The number of sulfonamides is 1. The Balaban J connectivity index is 1.62. The zero-order valence-electron chi connectivity index (χ0n) is 18.8. The van der Waals surface area contributed by atoms with Crippen LogP contribution in [0.25, 0.3) is 0 Å². The van der Waals surface area contributed by atoms with Gasteiger partial charge < -0.3 is 10.1 Å². The zero-order chi connectivity index (χ0) is 22.6. The molecule has 2 aromatic carbocycles. The molecule has 0 spiro atoms. The summed E-state index contributed by atoms with van der Waals surface area (Å²) >= 11 is 0. The van der Waals surface area contributed by atoms with E-state index in [1.54, 1.807) is 19.1 Å². The van der Waals surface area contributed by atoms with Crippen molar-refractivity contribution in [3.05, 3.63) is 58.7 Å². The summed E-state index contributed by atoms with van der Waals surface area (Å²) in [6, 6.07) is 10.6. The fourth-order valence-electron chi connectivity index (χ4n) is 3.61. The van der Waals surface area contributed by atoms with Gasteiger partial charge in [0.25, 0.3) is 5.91 Å². The van der Waals surface area contributed by atoms with Crippen LogP contribution in [-0.4, -0.2) is 44.9 Å². The topological polar surface area (TPSA) is 75.7 Å². The number of carbonyl (C=O) groups excluding carboxylic acids is 1. The summed E-state index contributed by atoms with van der Waals surface area (Å²) in [6.45, 7) is 9.72. The van der Waals surface area contributed by atoms with Gasteiger partial charge in [-0.15, -0.1) is 0 Å². The lowest BCUT2D eigenvalue weighted by molar-refractivity contribution is 0.0946. The predicted molar refractivity (Wildman–Crippen MR) is 122 cm³/mol. The molecular formula is C24H32N2O4S. The van der Waals surface area contributed by atoms with Crippen molar-refractivity contribution in [1.82, 2.24) is 9.62 Å². The number of nitrogens with one attached hydrogen (secondary N) is 1. The largest absolute Gasteiger partial charge is 0.492 e. The van der Waals surface area contributed by atoms with Gasteiger partial charge in [-0.2, -0.15) is 4.31 Å². The Kier molecular flexibility index (Phi) is 7.38. The standard InChI is InChI=1S/C24H32N2O4S/c1-17-9-12-26(13-10-17)31(28,29)22-8-6-19(3)23(16-22)24(27)25-11-14-30-21-7-5-18(2)20(4)15-21/h5-8,15-17H,9-14H2,1-4H3,(H,25,27). The molecule has 1 aliphatic heterocycles. The SMILES string of the molecule is Cc1ccc(OCCNC(=O)c2cc(S(=O)(=O)N3CCC(C)CC3)ccc2C)cc1C. The highest BCUT2D eigenvalue weighted by molar-refractivity contribution is 7.89. The zero-order valence-corrected chi connectivity index (χ0v) is 19.6. The quantitative estimate of drug-likeness (QED) is 0.659. The first-order valence-electron chi connectivity index (χ1n) is 10.8. The Bertz CT molecular complexity index is 1040. The molecular weight excluding hydrogens is 412 g/mol. The molecule has 1 saturated heterocycles. The molecule has 1 heterocycles. The van der Waals surface area contributed by atoms with Crippen molar-refractivity contribution in [2.24, 2.45) is 5.92 Å². The Hall–Kier alpha value is -2.38. The minimum atomic E-state index is -3.60. The van der Waals surface area contributed by atoms with E-state index in [1.165, 1.54) is 15.9 Å². The Labute approximate surface area is 185 Å². The van der Waals surface area contributed by atoms with Crippen LogP contribution in [0.5, 0.6) is 5.75 Å². The molecule has 0 aliphatic carbocycles. The van der Waals surface area contributed by atoms with Gasteiger partial charge in [0.15, 0.2) is 0 Å². The minimum absolute atomic E-state index is 0.171. The average Bonchev–Trinajstić information content (AvgIpc) is 2.74. The maximum Gasteiger partial charge on any atom is 0.251 e. The average molecular weight is 445 g/mol. The lowest BCUT2D eigenvalue weighted by atomic mass is 10.0. The van der Waals surface area contributed by atoms with Crippen molar-refractivity contribution in [2.75, 3.05) is 26.2 Å². The highest BCUT2D eigenvalue weighted by Crippen LogP contribution is 2.25. The molecule has 3 rings (SSSR count). The number of benzene rings is 2. The van der Waals surface area contributed by atoms with Crippen LogP contribution in [0.15, 0.2) is 41.3 Å². The second kappa shape index (κ2) is 9.83. The lowest BCUT2D eigenvalue weighted by Crippen LogP contribution is -2.38. The number of hydrogen-bond acceptors (Lipinski definition) is 4. The van der Waals surface area contributed by atoms with E-state index in [2.05, 4.69) is 12.2 Å². The van der Waals surface area contributed by atoms with Crippen LogP contribution in [-0.2, 0) is 10.0 Å². The van der Waals surface area contributed by atoms with Gasteiger partial charge in [0, 0.05) is 18.7 Å². The first-order valence-corrected chi connectivity index (χ1v) is 12.2. The molecule has 31 heavy (non-hydrogen) atoms. The van der Waals surface area contributed by atoms with Gasteiger partial charge in [0.2, 0.25) is 10.0 Å². The van der Waals surface area contributed by atoms with Crippen molar-refractivity contribution >= 4 is 15.9 Å². The molecule has 2 aromatic rings. The summed E-state index contributed by atoms with van der Waals surface area (Å²) in [5, 5.41) is 2.83. The molecule has 168 valence electrons. The fraction of sp³-hybridized carbons (Fsp3) is 0.458. The third-order valence-corrected chi connectivity index (χ3v) is 7.86. The normalized spacial score (nSPS) is 15.6. The number of piperidine rings is 1. The van der Waals surface area contributed by atoms with E-state index >= 15 is 0 Å². The van der Waals surface area contributed by atoms with Crippen LogP contribution in [0.3, 0.4) is 0 Å². The van der Waals surface area contributed by atoms with Gasteiger partial charge in [0.05, 0.1) is 11.4 Å². The summed E-state index contributed by atoms with van der Waals surface area (Å²) in [7, 11) is -3.60. The maximum absolute atomic E-state index is 13.0. The van der Waals surface area contributed by atoms with Crippen molar-refractivity contribution in [3.8, 4) is 5.75 Å². The Morgan fingerprint density at radius 3 is 2.39 bits per heavy atom. The molecule has 1 amide bonds. The molecule has 0 saturated carbocycles. The highest BCUT2D eigenvalue weighted by Gasteiger charge is 2.28. The number of hydrogen-bond donors (Lipinski definition) is 1. The van der Waals surface area contributed by atoms with Crippen molar-refractivity contribution in [1.29, 1.82) is 0 Å². The molecule has 1 N–H and O–H groups in total. The minimum Gasteiger partial charge on any atom is -0.492 e. The summed E-state index contributed by atoms with van der Waals surface area (Å²) in [6.07, 6.45) is 1.72. The van der Waals surface area contributed by atoms with E-state index in [0.717, 1.165) is 29.7 Å². The van der Waals surface area contributed by atoms with Crippen LogP contribution in [0.4, 0.5) is 0 Å². The number of carbonyl (C=O) groups is 1. The van der Waals surface area contributed by atoms with Gasteiger partial charge in [-0.25, -0.2) is 8.42 Å². The molecule has 1 fully saturated rings. The predicted octanol–water partition coefficient (Wildman–Crippen LogP) is 3.84.